The van der Waals surface area contributed by atoms with E-state index in [1.54, 1.807) is 0 Å². The number of hydrogen-bond acceptors (Lipinski definition) is 6. The molecule has 1 fully saturated rings. The Morgan fingerprint density at radius 3 is 1.67 bits per heavy atom. The van der Waals surface area contributed by atoms with Crippen LogP contribution in [0.1, 0.15) is 44.9 Å². The normalized spacial score (nSPS) is 16.2. The summed E-state index contributed by atoms with van der Waals surface area (Å²) in [7, 11) is 0. The quantitative estimate of drug-likeness (QED) is 0.235. The first-order valence-corrected chi connectivity index (χ1v) is 8.48. The highest BCUT2D eigenvalue weighted by atomic mass is 16.7. The molecule has 0 unspecified atom stereocenters. The zero-order valence-corrected chi connectivity index (χ0v) is 14.3. The van der Waals surface area contributed by atoms with Crippen molar-refractivity contribution in [1.82, 2.24) is 0 Å². The molecule has 6 heteroatoms. The molecule has 0 spiro atoms. The summed E-state index contributed by atoms with van der Waals surface area (Å²) in [6.07, 6.45) is 8.54. The van der Waals surface area contributed by atoms with Crippen molar-refractivity contribution in [2.75, 3.05) is 26.4 Å². The highest BCUT2D eigenvalue weighted by Crippen LogP contribution is 2.33. The van der Waals surface area contributed by atoms with E-state index in [-0.39, 0.29) is 0 Å². The Hall–Kier alpha value is -1.66. The molecule has 0 aromatic heterocycles. The van der Waals surface area contributed by atoms with E-state index in [1.165, 1.54) is 6.42 Å². The van der Waals surface area contributed by atoms with Gasteiger partial charge in [-0.2, -0.15) is 0 Å². The van der Waals surface area contributed by atoms with Gasteiger partial charge >= 0.3 is 11.9 Å². The van der Waals surface area contributed by atoms with Crippen molar-refractivity contribution < 1.29 is 28.5 Å². The molecule has 0 radical (unpaired) electrons. The van der Waals surface area contributed by atoms with Crippen LogP contribution in [-0.4, -0.2) is 44.2 Å². The molecule has 0 aliphatic heterocycles. The van der Waals surface area contributed by atoms with Gasteiger partial charge in [0.25, 0.3) is 0 Å². The van der Waals surface area contributed by atoms with Crippen LogP contribution in [0.5, 0.6) is 0 Å². The first-order valence-electron chi connectivity index (χ1n) is 8.48. The standard InChI is InChI=1S/C18H28O6/c1-3-16(19)21-12-8-14-23-18(10-6-5-7-11-18)24-15-9-13-22-17(20)4-2/h3-4H,1-2,5-15H2. The molecule has 1 aliphatic carbocycles. The number of carbonyl (C=O) groups excluding carboxylic acids is 2. The maximum atomic E-state index is 11.0. The van der Waals surface area contributed by atoms with Crippen LogP contribution in [-0.2, 0) is 28.5 Å². The smallest absolute Gasteiger partial charge is 0.330 e. The molecular formula is C18H28O6. The predicted molar refractivity (Wildman–Crippen MR) is 89.3 cm³/mol. The van der Waals surface area contributed by atoms with E-state index in [9.17, 15) is 9.59 Å². The summed E-state index contributed by atoms with van der Waals surface area (Å²) in [4.78, 5) is 21.9. The highest BCUT2D eigenvalue weighted by Gasteiger charge is 2.33. The largest absolute Gasteiger partial charge is 0.462 e. The van der Waals surface area contributed by atoms with Gasteiger partial charge in [-0.3, -0.25) is 0 Å². The van der Waals surface area contributed by atoms with Crippen molar-refractivity contribution in [3.63, 3.8) is 0 Å². The Morgan fingerprint density at radius 2 is 1.25 bits per heavy atom. The summed E-state index contributed by atoms with van der Waals surface area (Å²) >= 11 is 0. The summed E-state index contributed by atoms with van der Waals surface area (Å²) in [6.45, 7) is 8.24. The van der Waals surface area contributed by atoms with Gasteiger partial charge in [0.15, 0.2) is 5.79 Å². The lowest BCUT2D eigenvalue weighted by atomic mass is 9.94. The summed E-state index contributed by atoms with van der Waals surface area (Å²) in [6, 6.07) is 0. The maximum Gasteiger partial charge on any atom is 0.330 e. The SMILES string of the molecule is C=CC(=O)OCCCOC1(OCCCOC(=O)C=C)CCCCC1. The van der Waals surface area contributed by atoms with E-state index in [2.05, 4.69) is 13.2 Å². The van der Waals surface area contributed by atoms with Crippen LogP contribution in [0.15, 0.2) is 25.3 Å². The second-order valence-electron chi connectivity index (χ2n) is 5.62. The Labute approximate surface area is 143 Å². The first-order chi connectivity index (χ1) is 11.6. The number of hydrogen-bond donors (Lipinski definition) is 0. The van der Waals surface area contributed by atoms with Crippen LogP contribution in [0.2, 0.25) is 0 Å². The van der Waals surface area contributed by atoms with Gasteiger partial charge in [-0.15, -0.1) is 0 Å². The van der Waals surface area contributed by atoms with Crippen molar-refractivity contribution in [3.8, 4) is 0 Å². The summed E-state index contributed by atoms with van der Waals surface area (Å²) < 4.78 is 21.8. The van der Waals surface area contributed by atoms with Gasteiger partial charge < -0.3 is 18.9 Å². The van der Waals surface area contributed by atoms with Gasteiger partial charge in [0.05, 0.1) is 26.4 Å². The molecular weight excluding hydrogens is 312 g/mol. The fourth-order valence-electron chi connectivity index (χ4n) is 2.52. The third-order valence-electron chi connectivity index (χ3n) is 3.74. The Morgan fingerprint density at radius 1 is 0.792 bits per heavy atom. The van der Waals surface area contributed by atoms with Crippen molar-refractivity contribution in [2.24, 2.45) is 0 Å². The number of carbonyl (C=O) groups is 2. The molecule has 136 valence electrons. The zero-order chi connectivity index (χ0) is 17.7. The molecule has 0 bridgehead atoms. The van der Waals surface area contributed by atoms with Crippen LogP contribution < -0.4 is 0 Å². The van der Waals surface area contributed by atoms with Crippen molar-refractivity contribution in [3.05, 3.63) is 25.3 Å². The van der Waals surface area contributed by atoms with Gasteiger partial charge in [0, 0.05) is 37.8 Å². The van der Waals surface area contributed by atoms with Gasteiger partial charge in [-0.05, 0) is 12.8 Å². The monoisotopic (exact) mass is 340 g/mol. The number of ether oxygens (including phenoxy) is 4. The lowest BCUT2D eigenvalue weighted by Gasteiger charge is -2.37. The first kappa shape index (κ1) is 20.4. The van der Waals surface area contributed by atoms with Crippen LogP contribution in [0.4, 0.5) is 0 Å². The maximum absolute atomic E-state index is 11.0. The molecule has 24 heavy (non-hydrogen) atoms. The minimum absolute atomic E-state index is 0.304. The molecule has 0 N–H and O–H groups in total. The zero-order valence-electron chi connectivity index (χ0n) is 14.3. The van der Waals surface area contributed by atoms with Crippen LogP contribution in [0.25, 0.3) is 0 Å². The molecule has 0 amide bonds. The Kier molecular flexibility index (Phi) is 10.0. The molecule has 0 aromatic rings. The van der Waals surface area contributed by atoms with E-state index >= 15 is 0 Å². The molecule has 1 rings (SSSR count). The number of rotatable bonds is 12. The van der Waals surface area contributed by atoms with E-state index in [0.717, 1.165) is 37.8 Å². The Balaban J connectivity index is 2.26. The fraction of sp³-hybridized carbons (Fsp3) is 0.667. The summed E-state index contributed by atoms with van der Waals surface area (Å²) in [5.74, 6) is -1.41. The molecule has 0 heterocycles. The topological polar surface area (TPSA) is 71.1 Å². The van der Waals surface area contributed by atoms with E-state index in [0.29, 0.717) is 39.3 Å². The van der Waals surface area contributed by atoms with Gasteiger partial charge in [0.2, 0.25) is 0 Å². The third-order valence-corrected chi connectivity index (χ3v) is 3.74. The van der Waals surface area contributed by atoms with Crippen LogP contribution in [0.3, 0.4) is 0 Å². The van der Waals surface area contributed by atoms with Gasteiger partial charge in [-0.25, -0.2) is 9.59 Å². The lowest BCUT2D eigenvalue weighted by molar-refractivity contribution is -0.254. The molecule has 0 saturated heterocycles. The summed E-state index contributed by atoms with van der Waals surface area (Å²) in [5, 5.41) is 0. The average molecular weight is 340 g/mol. The number of esters is 2. The summed E-state index contributed by atoms with van der Waals surface area (Å²) in [5.41, 5.74) is 0. The second-order valence-corrected chi connectivity index (χ2v) is 5.62. The lowest BCUT2D eigenvalue weighted by Crippen LogP contribution is -2.39. The van der Waals surface area contributed by atoms with Gasteiger partial charge in [-0.1, -0.05) is 19.6 Å². The van der Waals surface area contributed by atoms with Crippen LogP contribution >= 0.6 is 0 Å². The van der Waals surface area contributed by atoms with E-state index < -0.39 is 17.7 Å². The minimum atomic E-state index is -0.566. The second kappa shape index (κ2) is 11.8. The van der Waals surface area contributed by atoms with Crippen molar-refractivity contribution in [2.45, 2.75) is 50.7 Å². The Bertz CT molecular complexity index is 380. The van der Waals surface area contributed by atoms with Crippen molar-refractivity contribution >= 4 is 11.9 Å². The minimum Gasteiger partial charge on any atom is -0.462 e. The highest BCUT2D eigenvalue weighted by molar-refractivity contribution is 5.81. The van der Waals surface area contributed by atoms with E-state index in [4.69, 9.17) is 18.9 Å². The molecule has 1 aliphatic rings. The van der Waals surface area contributed by atoms with Gasteiger partial charge in [0.1, 0.15) is 0 Å². The third kappa shape index (κ3) is 8.26. The predicted octanol–water partition coefficient (Wildman–Crippen LogP) is 2.92. The molecule has 1 saturated carbocycles. The van der Waals surface area contributed by atoms with E-state index in [1.807, 2.05) is 0 Å². The molecule has 6 nitrogen and oxygen atoms in total. The molecule has 0 aromatic carbocycles. The van der Waals surface area contributed by atoms with Crippen molar-refractivity contribution in [1.29, 1.82) is 0 Å². The molecule has 0 atom stereocenters. The average Bonchev–Trinajstić information content (AvgIpc) is 2.61. The fourth-order valence-corrected chi connectivity index (χ4v) is 2.52. The van der Waals surface area contributed by atoms with Crippen LogP contribution in [0, 0.1) is 0 Å².